The molecule has 1 unspecified atom stereocenters. The van der Waals surface area contributed by atoms with Crippen LogP contribution in [0.1, 0.15) is 35.6 Å². The number of carbonyl (C=O) groups is 2. The Hall–Kier alpha value is -2.10. The van der Waals surface area contributed by atoms with E-state index >= 15 is 0 Å². The van der Waals surface area contributed by atoms with Gasteiger partial charge in [-0.3, -0.25) is 4.79 Å². The topological polar surface area (TPSA) is 66.4 Å². The molecule has 1 aliphatic rings. The third-order valence-electron chi connectivity index (χ3n) is 3.78. The normalized spacial score (nSPS) is 16.1. The van der Waals surface area contributed by atoms with Crippen LogP contribution in [-0.4, -0.2) is 17.0 Å². The highest BCUT2D eigenvalue weighted by molar-refractivity contribution is 5.86. The van der Waals surface area contributed by atoms with Crippen molar-refractivity contribution in [3.8, 4) is 0 Å². The van der Waals surface area contributed by atoms with Crippen LogP contribution in [0.25, 0.3) is 0 Å². The molecule has 0 heterocycles. The average molecular weight is 273 g/mol. The third-order valence-corrected chi connectivity index (χ3v) is 3.78. The summed E-state index contributed by atoms with van der Waals surface area (Å²) in [4.78, 5) is 23.5. The first-order valence-corrected chi connectivity index (χ1v) is 6.74. The van der Waals surface area contributed by atoms with Gasteiger partial charge in [-0.1, -0.05) is 30.4 Å². The summed E-state index contributed by atoms with van der Waals surface area (Å²) in [5.74, 6) is -1.36. The number of benzene rings is 1. The Morgan fingerprint density at radius 3 is 2.40 bits per heavy atom. The van der Waals surface area contributed by atoms with E-state index in [4.69, 9.17) is 0 Å². The van der Waals surface area contributed by atoms with Crippen LogP contribution in [-0.2, 0) is 9.59 Å². The number of hydrogen-bond donors (Lipinski definition) is 2. The fraction of sp³-hybridized carbons (Fsp3) is 0.375. The van der Waals surface area contributed by atoms with Gasteiger partial charge in [-0.25, -0.2) is 4.79 Å². The second-order valence-corrected chi connectivity index (χ2v) is 5.26. The van der Waals surface area contributed by atoms with Gasteiger partial charge in [0.15, 0.2) is 6.04 Å². The Bertz CT molecular complexity index is 555. The van der Waals surface area contributed by atoms with Crippen molar-refractivity contribution in [3.05, 3.63) is 47.0 Å². The van der Waals surface area contributed by atoms with Crippen LogP contribution >= 0.6 is 0 Å². The molecule has 106 valence electrons. The van der Waals surface area contributed by atoms with Crippen LogP contribution in [0, 0.1) is 19.8 Å². The summed E-state index contributed by atoms with van der Waals surface area (Å²) in [7, 11) is 0. The number of aliphatic carboxylic acids is 1. The first kappa shape index (κ1) is 14.3. The van der Waals surface area contributed by atoms with Crippen molar-refractivity contribution in [1.29, 1.82) is 0 Å². The highest BCUT2D eigenvalue weighted by Gasteiger charge is 2.26. The van der Waals surface area contributed by atoms with Crippen molar-refractivity contribution >= 4 is 11.9 Å². The zero-order valence-corrected chi connectivity index (χ0v) is 11.7. The minimum atomic E-state index is -1.03. The van der Waals surface area contributed by atoms with E-state index in [1.165, 1.54) is 0 Å². The minimum absolute atomic E-state index is 0.136. The molecule has 0 radical (unpaired) electrons. The van der Waals surface area contributed by atoms with Crippen LogP contribution in [0.4, 0.5) is 0 Å². The molecule has 0 fully saturated rings. The van der Waals surface area contributed by atoms with E-state index in [0.717, 1.165) is 11.1 Å². The van der Waals surface area contributed by atoms with E-state index in [-0.39, 0.29) is 11.8 Å². The summed E-state index contributed by atoms with van der Waals surface area (Å²) < 4.78 is 0. The molecular weight excluding hydrogens is 254 g/mol. The van der Waals surface area contributed by atoms with E-state index in [0.29, 0.717) is 18.4 Å². The zero-order valence-electron chi connectivity index (χ0n) is 11.7. The van der Waals surface area contributed by atoms with E-state index < -0.39 is 12.0 Å². The molecule has 4 nitrogen and oxygen atoms in total. The predicted octanol–water partition coefficient (Wildman–Crippen LogP) is 2.51. The van der Waals surface area contributed by atoms with Gasteiger partial charge in [0.05, 0.1) is 0 Å². The predicted molar refractivity (Wildman–Crippen MR) is 76.3 cm³/mol. The summed E-state index contributed by atoms with van der Waals surface area (Å²) >= 11 is 0. The highest BCUT2D eigenvalue weighted by Crippen LogP contribution is 2.21. The van der Waals surface area contributed by atoms with Crippen LogP contribution in [0.3, 0.4) is 0 Å². The lowest BCUT2D eigenvalue weighted by molar-refractivity contribution is -0.142. The van der Waals surface area contributed by atoms with E-state index in [9.17, 15) is 14.7 Å². The van der Waals surface area contributed by atoms with Gasteiger partial charge < -0.3 is 10.4 Å². The van der Waals surface area contributed by atoms with Crippen molar-refractivity contribution in [1.82, 2.24) is 5.32 Å². The van der Waals surface area contributed by atoms with Crippen LogP contribution in [0.15, 0.2) is 30.4 Å². The van der Waals surface area contributed by atoms with Crippen molar-refractivity contribution in [2.45, 2.75) is 32.7 Å². The number of hydrogen-bond acceptors (Lipinski definition) is 2. The number of nitrogens with one attached hydrogen (secondary N) is 1. The van der Waals surface area contributed by atoms with Crippen molar-refractivity contribution < 1.29 is 14.7 Å². The lowest BCUT2D eigenvalue weighted by Gasteiger charge is -2.18. The number of carboxylic acid groups (broad SMARTS) is 1. The van der Waals surface area contributed by atoms with Crippen LogP contribution < -0.4 is 5.32 Å². The SMILES string of the molecule is Cc1ccc(C(NC(=O)C2CC=CC2)C(=O)O)cc1C. The maximum absolute atomic E-state index is 12.1. The number of aryl methyl sites for hydroxylation is 2. The molecule has 0 aliphatic heterocycles. The van der Waals surface area contributed by atoms with Gasteiger partial charge in [-0.2, -0.15) is 0 Å². The fourth-order valence-electron chi connectivity index (χ4n) is 2.32. The van der Waals surface area contributed by atoms with E-state index in [1.807, 2.05) is 38.1 Å². The molecule has 0 bridgehead atoms. The first-order chi connectivity index (χ1) is 9.49. The molecule has 0 spiro atoms. The van der Waals surface area contributed by atoms with Crippen molar-refractivity contribution in [2.75, 3.05) is 0 Å². The summed E-state index contributed by atoms with van der Waals surface area (Å²) in [6.45, 7) is 3.90. The van der Waals surface area contributed by atoms with Gasteiger partial charge in [-0.15, -0.1) is 0 Å². The van der Waals surface area contributed by atoms with Gasteiger partial charge >= 0.3 is 5.97 Å². The van der Waals surface area contributed by atoms with Gasteiger partial charge in [0.2, 0.25) is 5.91 Å². The minimum Gasteiger partial charge on any atom is -0.479 e. The number of rotatable bonds is 4. The Labute approximate surface area is 118 Å². The molecule has 2 N–H and O–H groups in total. The quantitative estimate of drug-likeness (QED) is 0.828. The number of carbonyl (C=O) groups excluding carboxylic acids is 1. The molecule has 1 aromatic rings. The highest BCUT2D eigenvalue weighted by atomic mass is 16.4. The van der Waals surface area contributed by atoms with Crippen molar-refractivity contribution in [3.63, 3.8) is 0 Å². The third kappa shape index (κ3) is 3.07. The molecule has 1 amide bonds. The summed E-state index contributed by atoms with van der Waals surface area (Å²) in [5, 5.41) is 12.0. The lowest BCUT2D eigenvalue weighted by Crippen LogP contribution is -2.37. The Morgan fingerprint density at radius 1 is 1.20 bits per heavy atom. The molecule has 20 heavy (non-hydrogen) atoms. The lowest BCUT2D eigenvalue weighted by atomic mass is 9.99. The number of carboxylic acids is 1. The van der Waals surface area contributed by atoms with Gasteiger partial charge in [0.1, 0.15) is 0 Å². The molecular formula is C16H19NO3. The maximum Gasteiger partial charge on any atom is 0.330 e. The van der Waals surface area contributed by atoms with E-state index in [1.54, 1.807) is 6.07 Å². The fourth-order valence-corrected chi connectivity index (χ4v) is 2.32. The van der Waals surface area contributed by atoms with Crippen molar-refractivity contribution in [2.24, 2.45) is 5.92 Å². The molecule has 0 aromatic heterocycles. The molecule has 1 atom stereocenters. The summed E-state index contributed by atoms with van der Waals surface area (Å²) in [6, 6.07) is 4.47. The Kier molecular flexibility index (Phi) is 4.23. The number of allylic oxidation sites excluding steroid dienone is 2. The Balaban J connectivity index is 2.16. The summed E-state index contributed by atoms with van der Waals surface area (Å²) in [6.07, 6.45) is 5.28. The molecule has 1 aromatic carbocycles. The largest absolute Gasteiger partial charge is 0.479 e. The second kappa shape index (κ2) is 5.90. The molecule has 0 saturated carbocycles. The second-order valence-electron chi connectivity index (χ2n) is 5.26. The standard InChI is InChI=1S/C16H19NO3/c1-10-7-8-13(9-11(10)2)14(16(19)20)17-15(18)12-5-3-4-6-12/h3-4,7-9,12,14H,5-6H2,1-2H3,(H,17,18)(H,19,20). The van der Waals surface area contributed by atoms with Gasteiger partial charge in [0.25, 0.3) is 0 Å². The van der Waals surface area contributed by atoms with Crippen LogP contribution in [0.2, 0.25) is 0 Å². The molecule has 2 rings (SSSR count). The molecule has 1 aliphatic carbocycles. The first-order valence-electron chi connectivity index (χ1n) is 6.74. The number of amides is 1. The smallest absolute Gasteiger partial charge is 0.330 e. The van der Waals surface area contributed by atoms with E-state index in [2.05, 4.69) is 5.32 Å². The summed E-state index contributed by atoms with van der Waals surface area (Å²) in [5.41, 5.74) is 2.73. The molecule has 0 saturated heterocycles. The molecule has 4 heteroatoms. The monoisotopic (exact) mass is 273 g/mol. The zero-order chi connectivity index (χ0) is 14.7. The maximum atomic E-state index is 12.1. The van der Waals surface area contributed by atoms with Gasteiger partial charge in [-0.05, 0) is 43.4 Å². The average Bonchev–Trinajstić information content (AvgIpc) is 2.93. The van der Waals surface area contributed by atoms with Gasteiger partial charge in [0, 0.05) is 5.92 Å². The van der Waals surface area contributed by atoms with Crippen LogP contribution in [0.5, 0.6) is 0 Å². The Morgan fingerprint density at radius 2 is 1.85 bits per heavy atom.